The number of nitrogens with zero attached hydrogens (tertiary/aromatic N) is 1. The zero-order chi connectivity index (χ0) is 15.6. The number of aromatic hydroxyl groups is 1. The first-order valence-corrected chi connectivity index (χ1v) is 7.04. The van der Waals surface area contributed by atoms with Crippen molar-refractivity contribution < 1.29 is 14.8 Å². The maximum atomic E-state index is 12.2. The van der Waals surface area contributed by atoms with Crippen LogP contribution in [0.5, 0.6) is 5.75 Å². The third kappa shape index (κ3) is 3.38. The normalized spacial score (nSPS) is 11.9. The van der Waals surface area contributed by atoms with Crippen LogP contribution in [0.4, 0.5) is 5.69 Å². The fraction of sp³-hybridized carbons (Fsp3) is 0.214. The van der Waals surface area contributed by atoms with Gasteiger partial charge in [-0.2, -0.15) is 0 Å². The van der Waals surface area contributed by atoms with Crippen molar-refractivity contribution in [2.75, 3.05) is 0 Å². The van der Waals surface area contributed by atoms with E-state index >= 15 is 0 Å². The predicted octanol–water partition coefficient (Wildman–Crippen LogP) is 3.16. The second-order valence-corrected chi connectivity index (χ2v) is 5.92. The maximum Gasteiger partial charge on any atom is 0.282 e. The molecule has 0 saturated carbocycles. The molecule has 0 fully saturated rings. The first-order chi connectivity index (χ1) is 9.88. The summed E-state index contributed by atoms with van der Waals surface area (Å²) in [5, 5.41) is 23.1. The number of thiophene rings is 1. The van der Waals surface area contributed by atoms with Gasteiger partial charge >= 0.3 is 0 Å². The van der Waals surface area contributed by atoms with Gasteiger partial charge in [-0.1, -0.05) is 0 Å². The Bertz CT molecular complexity index is 696. The van der Waals surface area contributed by atoms with Crippen LogP contribution in [0.3, 0.4) is 0 Å². The molecule has 6 nitrogen and oxygen atoms in total. The molecule has 0 saturated heterocycles. The van der Waals surface area contributed by atoms with Crippen LogP contribution in [-0.2, 0) is 0 Å². The molecule has 1 unspecified atom stereocenters. The lowest BCUT2D eigenvalue weighted by Gasteiger charge is -2.12. The molecular formula is C14H14N2O4S. The fourth-order valence-electron chi connectivity index (χ4n) is 1.90. The van der Waals surface area contributed by atoms with E-state index in [0.717, 1.165) is 21.9 Å². The van der Waals surface area contributed by atoms with Crippen molar-refractivity contribution in [3.63, 3.8) is 0 Å². The molecule has 2 rings (SSSR count). The Hall–Kier alpha value is -2.41. The highest BCUT2D eigenvalue weighted by molar-refractivity contribution is 7.12. The number of phenolic OH excluding ortho intramolecular Hbond substituents is 1. The second-order valence-electron chi connectivity index (χ2n) is 4.60. The summed E-state index contributed by atoms with van der Waals surface area (Å²) >= 11 is 1.55. The van der Waals surface area contributed by atoms with E-state index in [9.17, 15) is 20.0 Å². The Morgan fingerprint density at radius 2 is 2.10 bits per heavy atom. The van der Waals surface area contributed by atoms with E-state index in [1.54, 1.807) is 18.3 Å². The van der Waals surface area contributed by atoms with Crippen LogP contribution in [0, 0.1) is 17.0 Å². The molecule has 1 heterocycles. The van der Waals surface area contributed by atoms with E-state index < -0.39 is 10.8 Å². The van der Waals surface area contributed by atoms with Gasteiger partial charge in [-0.3, -0.25) is 14.9 Å². The highest BCUT2D eigenvalue weighted by Crippen LogP contribution is 2.26. The van der Waals surface area contributed by atoms with Gasteiger partial charge in [0.05, 0.1) is 11.0 Å². The number of rotatable bonds is 4. The van der Waals surface area contributed by atoms with E-state index in [1.165, 1.54) is 6.07 Å². The molecule has 1 atom stereocenters. The minimum Gasteiger partial charge on any atom is -0.508 e. The van der Waals surface area contributed by atoms with Gasteiger partial charge < -0.3 is 10.4 Å². The summed E-state index contributed by atoms with van der Waals surface area (Å²) in [4.78, 5) is 24.6. The number of carbonyl (C=O) groups excluding carboxylic acids is 1. The lowest BCUT2D eigenvalue weighted by molar-refractivity contribution is -0.385. The van der Waals surface area contributed by atoms with Gasteiger partial charge in [0.15, 0.2) is 0 Å². The molecule has 1 aromatic heterocycles. The molecule has 1 amide bonds. The number of carbonyl (C=O) groups is 1. The lowest BCUT2D eigenvalue weighted by Crippen LogP contribution is -2.26. The van der Waals surface area contributed by atoms with Gasteiger partial charge in [0, 0.05) is 15.8 Å². The monoisotopic (exact) mass is 306 g/mol. The zero-order valence-electron chi connectivity index (χ0n) is 11.5. The highest BCUT2D eigenvalue weighted by atomic mass is 32.1. The number of nitro groups is 1. The molecule has 1 aromatic carbocycles. The van der Waals surface area contributed by atoms with Crippen LogP contribution in [0.25, 0.3) is 0 Å². The number of phenols is 1. The minimum absolute atomic E-state index is 0.153. The van der Waals surface area contributed by atoms with Crippen LogP contribution in [0.2, 0.25) is 0 Å². The van der Waals surface area contributed by atoms with Gasteiger partial charge in [-0.05, 0) is 38.1 Å². The molecule has 0 radical (unpaired) electrons. The summed E-state index contributed by atoms with van der Waals surface area (Å²) in [5.41, 5.74) is -0.486. The number of nitrogens with one attached hydrogen (secondary N) is 1. The molecule has 0 aliphatic carbocycles. The van der Waals surface area contributed by atoms with Gasteiger partial charge in [-0.25, -0.2) is 0 Å². The number of hydrogen-bond donors (Lipinski definition) is 2. The first-order valence-electron chi connectivity index (χ1n) is 6.23. The van der Waals surface area contributed by atoms with Gasteiger partial charge in [0.1, 0.15) is 11.3 Å². The molecule has 2 aromatic rings. The standard InChI is InChI=1S/C14H14N2O4S/c1-8-3-6-13(21-8)9(2)15-14(18)11-7-10(17)4-5-12(11)16(19)20/h3-7,9,17H,1-2H3,(H,15,18). The minimum atomic E-state index is -0.645. The average molecular weight is 306 g/mol. The van der Waals surface area contributed by atoms with E-state index in [4.69, 9.17) is 0 Å². The topological polar surface area (TPSA) is 92.5 Å². The summed E-state index contributed by atoms with van der Waals surface area (Å²) in [5.74, 6) is -0.776. The van der Waals surface area contributed by atoms with Gasteiger partial charge in [0.25, 0.3) is 11.6 Å². The van der Waals surface area contributed by atoms with Crippen LogP contribution in [0.1, 0.15) is 33.1 Å². The molecule has 2 N–H and O–H groups in total. The first kappa shape index (κ1) is 15.0. The molecular weight excluding hydrogens is 292 g/mol. The van der Waals surface area contributed by atoms with Crippen LogP contribution in [0.15, 0.2) is 30.3 Å². The molecule has 110 valence electrons. The maximum absolute atomic E-state index is 12.2. The van der Waals surface area contributed by atoms with Crippen molar-refractivity contribution in [2.24, 2.45) is 0 Å². The Labute approximate surface area is 125 Å². The van der Waals surface area contributed by atoms with Crippen molar-refractivity contribution in [2.45, 2.75) is 19.9 Å². The second kappa shape index (κ2) is 5.92. The SMILES string of the molecule is Cc1ccc(C(C)NC(=O)c2cc(O)ccc2[N+](=O)[O-])s1. The molecule has 0 aliphatic heterocycles. The lowest BCUT2D eigenvalue weighted by atomic mass is 10.1. The van der Waals surface area contributed by atoms with E-state index in [0.29, 0.717) is 0 Å². The number of aryl methyl sites for hydroxylation is 1. The third-order valence-electron chi connectivity index (χ3n) is 2.96. The fourth-order valence-corrected chi connectivity index (χ4v) is 2.78. The number of benzene rings is 1. The zero-order valence-corrected chi connectivity index (χ0v) is 12.3. The van der Waals surface area contributed by atoms with E-state index in [-0.39, 0.29) is 23.0 Å². The van der Waals surface area contributed by atoms with Crippen molar-refractivity contribution in [3.05, 3.63) is 55.8 Å². The summed E-state index contributed by atoms with van der Waals surface area (Å²) in [6, 6.07) is 6.98. The summed E-state index contributed by atoms with van der Waals surface area (Å²) in [6.45, 7) is 3.76. The predicted molar refractivity (Wildman–Crippen MR) is 79.7 cm³/mol. The Morgan fingerprint density at radius 1 is 1.38 bits per heavy atom. The van der Waals surface area contributed by atoms with Crippen LogP contribution >= 0.6 is 11.3 Å². The highest BCUT2D eigenvalue weighted by Gasteiger charge is 2.22. The van der Waals surface area contributed by atoms with Crippen molar-refractivity contribution >= 4 is 22.9 Å². The number of nitro benzene ring substituents is 1. The van der Waals surface area contributed by atoms with Gasteiger partial charge in [0.2, 0.25) is 0 Å². The third-order valence-corrected chi connectivity index (χ3v) is 4.14. The van der Waals surface area contributed by atoms with Crippen molar-refractivity contribution in [1.29, 1.82) is 0 Å². The van der Waals surface area contributed by atoms with Crippen molar-refractivity contribution in [3.8, 4) is 5.75 Å². The Morgan fingerprint density at radius 3 is 2.67 bits per heavy atom. The Kier molecular flexibility index (Phi) is 4.23. The summed E-state index contributed by atoms with van der Waals surface area (Å²) in [7, 11) is 0. The summed E-state index contributed by atoms with van der Waals surface area (Å²) < 4.78 is 0. The number of hydrogen-bond acceptors (Lipinski definition) is 5. The van der Waals surface area contributed by atoms with E-state index in [2.05, 4.69) is 5.32 Å². The van der Waals surface area contributed by atoms with Crippen LogP contribution < -0.4 is 5.32 Å². The van der Waals surface area contributed by atoms with E-state index in [1.807, 2.05) is 19.1 Å². The van der Waals surface area contributed by atoms with Gasteiger partial charge in [-0.15, -0.1) is 11.3 Å². The Balaban J connectivity index is 2.24. The smallest absolute Gasteiger partial charge is 0.282 e. The summed E-state index contributed by atoms with van der Waals surface area (Å²) in [6.07, 6.45) is 0. The van der Waals surface area contributed by atoms with Crippen LogP contribution in [-0.4, -0.2) is 15.9 Å². The molecule has 0 spiro atoms. The quantitative estimate of drug-likeness (QED) is 0.670. The largest absolute Gasteiger partial charge is 0.508 e. The number of amides is 1. The molecule has 0 aliphatic rings. The molecule has 7 heteroatoms. The molecule has 21 heavy (non-hydrogen) atoms. The average Bonchev–Trinajstić information content (AvgIpc) is 2.85. The van der Waals surface area contributed by atoms with Crippen molar-refractivity contribution in [1.82, 2.24) is 5.32 Å². The molecule has 0 bridgehead atoms.